The van der Waals surface area contributed by atoms with Crippen molar-refractivity contribution in [2.75, 3.05) is 18.5 Å². The van der Waals surface area contributed by atoms with E-state index in [-0.39, 0.29) is 18.6 Å². The molecule has 1 amide bonds. The third-order valence-electron chi connectivity index (χ3n) is 2.93. The van der Waals surface area contributed by atoms with Gasteiger partial charge in [-0.25, -0.2) is 0 Å². The van der Waals surface area contributed by atoms with E-state index in [9.17, 15) is 4.79 Å². The molecule has 1 atom stereocenters. The molecule has 0 radical (unpaired) electrons. The summed E-state index contributed by atoms with van der Waals surface area (Å²) in [6.07, 6.45) is 4.69. The zero-order valence-corrected chi connectivity index (χ0v) is 11.8. The zero-order chi connectivity index (χ0) is 12.0. The highest BCUT2D eigenvalue weighted by Crippen LogP contribution is 2.20. The molecule has 1 saturated heterocycles. The van der Waals surface area contributed by atoms with Crippen LogP contribution in [0, 0.1) is 0 Å². The van der Waals surface area contributed by atoms with Gasteiger partial charge < -0.3 is 9.64 Å². The van der Waals surface area contributed by atoms with E-state index in [1.54, 1.807) is 0 Å². The van der Waals surface area contributed by atoms with E-state index in [1.807, 2.05) is 18.7 Å². The Hall–Kier alpha value is -0.0900. The first kappa shape index (κ1) is 14.0. The Morgan fingerprint density at radius 1 is 1.50 bits per heavy atom. The van der Waals surface area contributed by atoms with Crippen LogP contribution in [0.4, 0.5) is 0 Å². The Morgan fingerprint density at radius 3 is 2.88 bits per heavy atom. The Bertz CT molecular complexity index is 219. The van der Waals surface area contributed by atoms with E-state index in [0.717, 1.165) is 31.1 Å². The lowest BCUT2D eigenvalue weighted by atomic mass is 10.00. The van der Waals surface area contributed by atoms with Crippen molar-refractivity contribution in [1.82, 2.24) is 4.90 Å². The summed E-state index contributed by atoms with van der Waals surface area (Å²) in [4.78, 5) is 14.0. The largest absolute Gasteiger partial charge is 0.369 e. The van der Waals surface area contributed by atoms with Crippen LogP contribution < -0.4 is 0 Å². The van der Waals surface area contributed by atoms with E-state index in [4.69, 9.17) is 4.74 Å². The number of rotatable bonds is 5. The summed E-state index contributed by atoms with van der Waals surface area (Å²) in [6.45, 7) is 5.05. The molecule has 3 nitrogen and oxygen atoms in total. The van der Waals surface area contributed by atoms with Crippen molar-refractivity contribution in [2.45, 2.75) is 51.7 Å². The van der Waals surface area contributed by atoms with Crippen LogP contribution in [0.5, 0.6) is 0 Å². The third-order valence-corrected chi connectivity index (χ3v) is 3.39. The number of halogens is 1. The van der Waals surface area contributed by atoms with Crippen LogP contribution in [0.25, 0.3) is 0 Å². The van der Waals surface area contributed by atoms with Crippen LogP contribution in [-0.4, -0.2) is 41.4 Å². The highest BCUT2D eigenvalue weighted by molar-refractivity contribution is 9.09. The van der Waals surface area contributed by atoms with E-state index < -0.39 is 0 Å². The molecule has 1 aliphatic heterocycles. The first-order valence-corrected chi connectivity index (χ1v) is 7.24. The number of alkyl halides is 1. The SMILES string of the molecule is CC(C)OCC(=O)N1CCCCC1CCBr. The number of carbonyl (C=O) groups is 1. The summed E-state index contributed by atoms with van der Waals surface area (Å²) in [5.41, 5.74) is 0. The van der Waals surface area contributed by atoms with Gasteiger partial charge in [0.1, 0.15) is 6.61 Å². The minimum absolute atomic E-state index is 0.128. The Kier molecular flexibility index (Phi) is 6.36. The summed E-state index contributed by atoms with van der Waals surface area (Å²) in [5, 5.41) is 0.965. The molecule has 16 heavy (non-hydrogen) atoms. The fraction of sp³-hybridized carbons (Fsp3) is 0.917. The molecule has 0 bridgehead atoms. The van der Waals surface area contributed by atoms with Crippen molar-refractivity contribution < 1.29 is 9.53 Å². The Balaban J connectivity index is 2.43. The van der Waals surface area contributed by atoms with Gasteiger partial charge in [-0.1, -0.05) is 15.9 Å². The molecule has 0 saturated carbocycles. The Labute approximate surface area is 107 Å². The van der Waals surface area contributed by atoms with Gasteiger partial charge in [-0.3, -0.25) is 4.79 Å². The van der Waals surface area contributed by atoms with Crippen LogP contribution in [0.15, 0.2) is 0 Å². The van der Waals surface area contributed by atoms with Crippen LogP contribution in [0.2, 0.25) is 0 Å². The molecule has 94 valence electrons. The summed E-state index contributed by atoms with van der Waals surface area (Å²) in [5.74, 6) is 0.152. The van der Waals surface area contributed by atoms with E-state index in [2.05, 4.69) is 15.9 Å². The number of ether oxygens (including phenoxy) is 1. The van der Waals surface area contributed by atoms with Crippen molar-refractivity contribution in [3.63, 3.8) is 0 Å². The number of amides is 1. The van der Waals surface area contributed by atoms with Crippen LogP contribution in [0.1, 0.15) is 39.5 Å². The van der Waals surface area contributed by atoms with Gasteiger partial charge >= 0.3 is 0 Å². The topological polar surface area (TPSA) is 29.5 Å². The zero-order valence-electron chi connectivity index (χ0n) is 10.2. The van der Waals surface area contributed by atoms with Gasteiger partial charge in [-0.15, -0.1) is 0 Å². The second-order valence-electron chi connectivity index (χ2n) is 4.57. The van der Waals surface area contributed by atoms with Crippen molar-refractivity contribution in [1.29, 1.82) is 0 Å². The number of carbonyl (C=O) groups excluding carboxylic acids is 1. The number of piperidine rings is 1. The molecular weight excluding hydrogens is 270 g/mol. The van der Waals surface area contributed by atoms with E-state index >= 15 is 0 Å². The minimum Gasteiger partial charge on any atom is -0.369 e. The van der Waals surface area contributed by atoms with Crippen molar-refractivity contribution >= 4 is 21.8 Å². The molecule has 1 unspecified atom stereocenters. The molecule has 1 fully saturated rings. The maximum atomic E-state index is 12.0. The molecule has 0 aromatic carbocycles. The number of hydrogen-bond acceptors (Lipinski definition) is 2. The van der Waals surface area contributed by atoms with Crippen LogP contribution in [0.3, 0.4) is 0 Å². The monoisotopic (exact) mass is 291 g/mol. The van der Waals surface area contributed by atoms with Gasteiger partial charge in [0, 0.05) is 17.9 Å². The highest BCUT2D eigenvalue weighted by Gasteiger charge is 2.25. The summed E-state index contributed by atoms with van der Waals surface area (Å²) < 4.78 is 5.38. The lowest BCUT2D eigenvalue weighted by Crippen LogP contribution is -2.45. The van der Waals surface area contributed by atoms with Gasteiger partial charge in [-0.2, -0.15) is 0 Å². The molecule has 1 heterocycles. The van der Waals surface area contributed by atoms with Crippen LogP contribution >= 0.6 is 15.9 Å². The fourth-order valence-electron chi connectivity index (χ4n) is 2.08. The maximum absolute atomic E-state index is 12.0. The predicted molar refractivity (Wildman–Crippen MR) is 68.9 cm³/mol. The lowest BCUT2D eigenvalue weighted by Gasteiger charge is -2.35. The van der Waals surface area contributed by atoms with Crippen molar-refractivity contribution in [2.24, 2.45) is 0 Å². The summed E-state index contributed by atoms with van der Waals surface area (Å²) >= 11 is 3.45. The number of nitrogens with zero attached hydrogens (tertiary/aromatic N) is 1. The molecule has 1 rings (SSSR count). The van der Waals surface area contributed by atoms with Gasteiger partial charge in [0.15, 0.2) is 0 Å². The average molecular weight is 292 g/mol. The van der Waals surface area contributed by atoms with Gasteiger partial charge in [0.25, 0.3) is 0 Å². The normalized spacial score (nSPS) is 21.5. The van der Waals surface area contributed by atoms with Crippen LogP contribution in [-0.2, 0) is 9.53 Å². The van der Waals surface area contributed by atoms with Gasteiger partial charge in [0.05, 0.1) is 6.10 Å². The van der Waals surface area contributed by atoms with Crippen molar-refractivity contribution in [3.05, 3.63) is 0 Å². The van der Waals surface area contributed by atoms with E-state index in [1.165, 1.54) is 6.42 Å². The molecule has 0 aliphatic carbocycles. The highest BCUT2D eigenvalue weighted by atomic mass is 79.9. The first-order chi connectivity index (χ1) is 7.65. The van der Waals surface area contributed by atoms with Gasteiger partial charge in [0.2, 0.25) is 5.91 Å². The standard InChI is InChI=1S/C12H22BrNO2/c1-10(2)16-9-12(15)14-8-4-3-5-11(14)6-7-13/h10-11H,3-9H2,1-2H3. The van der Waals surface area contributed by atoms with E-state index in [0.29, 0.717) is 6.04 Å². The molecule has 0 N–H and O–H groups in total. The quantitative estimate of drug-likeness (QED) is 0.729. The third kappa shape index (κ3) is 4.42. The van der Waals surface area contributed by atoms with Crippen molar-refractivity contribution in [3.8, 4) is 0 Å². The lowest BCUT2D eigenvalue weighted by molar-refractivity contribution is -0.141. The van der Waals surface area contributed by atoms with Gasteiger partial charge in [-0.05, 0) is 39.5 Å². The average Bonchev–Trinajstić information content (AvgIpc) is 2.27. The second-order valence-corrected chi connectivity index (χ2v) is 5.37. The maximum Gasteiger partial charge on any atom is 0.248 e. The molecular formula is C12H22BrNO2. The first-order valence-electron chi connectivity index (χ1n) is 6.12. The molecule has 4 heteroatoms. The smallest absolute Gasteiger partial charge is 0.248 e. The second kappa shape index (κ2) is 7.28. The fourth-order valence-corrected chi connectivity index (χ4v) is 2.60. The molecule has 1 aliphatic rings. The number of likely N-dealkylation sites (tertiary alicyclic amines) is 1. The minimum atomic E-state index is 0.128. The Morgan fingerprint density at radius 2 is 2.25 bits per heavy atom. The summed E-state index contributed by atoms with van der Waals surface area (Å²) in [7, 11) is 0. The molecule has 0 aromatic heterocycles. The predicted octanol–water partition coefficient (Wildman–Crippen LogP) is 2.58. The number of hydrogen-bond donors (Lipinski definition) is 0. The summed E-state index contributed by atoms with van der Waals surface area (Å²) in [6, 6.07) is 0.413. The molecule has 0 spiro atoms. The molecule has 0 aromatic rings.